The van der Waals surface area contributed by atoms with Gasteiger partial charge < -0.3 is 10.3 Å². The molecule has 0 aliphatic rings. The molecule has 8 heteroatoms. The molecule has 0 saturated heterocycles. The van der Waals surface area contributed by atoms with Crippen LogP contribution in [-0.2, 0) is 6.42 Å². The molecule has 0 fully saturated rings. The van der Waals surface area contributed by atoms with Crippen LogP contribution in [0.5, 0.6) is 0 Å². The zero-order valence-electron chi connectivity index (χ0n) is 16.0. The molecule has 150 valence electrons. The van der Waals surface area contributed by atoms with Gasteiger partial charge in [0.15, 0.2) is 0 Å². The summed E-state index contributed by atoms with van der Waals surface area (Å²) in [6.07, 6.45) is 0.315. The third-order valence-corrected chi connectivity index (χ3v) is 4.85. The lowest BCUT2D eigenvalue weighted by Gasteiger charge is -2.08. The lowest BCUT2D eigenvalue weighted by Crippen LogP contribution is -2.14. The summed E-state index contributed by atoms with van der Waals surface area (Å²) in [5.41, 5.74) is 2.85. The first-order valence-electron chi connectivity index (χ1n) is 9.20. The zero-order chi connectivity index (χ0) is 21.3. The molecule has 1 heterocycles. The predicted molar refractivity (Wildman–Crippen MR) is 111 cm³/mol. The molecule has 0 aliphatic carbocycles. The number of nitro groups is 1. The van der Waals surface area contributed by atoms with E-state index in [2.05, 4.69) is 15.3 Å². The summed E-state index contributed by atoms with van der Waals surface area (Å²) in [5, 5.41) is 13.9. The maximum Gasteiger partial charge on any atom is 0.273 e. The highest BCUT2D eigenvalue weighted by Crippen LogP contribution is 2.23. The number of nitrogens with one attached hydrogen (secondary N) is 2. The van der Waals surface area contributed by atoms with Gasteiger partial charge in [-0.25, -0.2) is 9.37 Å². The third-order valence-electron chi connectivity index (χ3n) is 4.85. The predicted octanol–water partition coefficient (Wildman–Crippen LogP) is 4.76. The molecule has 0 bridgehead atoms. The molecule has 4 rings (SSSR count). The van der Waals surface area contributed by atoms with Gasteiger partial charge in [0, 0.05) is 29.3 Å². The van der Waals surface area contributed by atoms with Crippen LogP contribution in [0.2, 0.25) is 0 Å². The van der Waals surface area contributed by atoms with Crippen LogP contribution in [0.25, 0.3) is 11.0 Å². The maximum atomic E-state index is 13.9. The number of fused-ring (bicyclic) bond motifs is 1. The Morgan fingerprint density at radius 2 is 1.97 bits per heavy atom. The Hall–Kier alpha value is -4.07. The van der Waals surface area contributed by atoms with Crippen LogP contribution in [-0.4, -0.2) is 20.8 Å². The van der Waals surface area contributed by atoms with Gasteiger partial charge in [-0.15, -0.1) is 0 Å². The van der Waals surface area contributed by atoms with Crippen molar-refractivity contribution in [3.05, 3.63) is 99.1 Å². The van der Waals surface area contributed by atoms with Crippen LogP contribution >= 0.6 is 0 Å². The number of carbonyl (C=O) groups excluding carboxylic acids is 1. The Kier molecular flexibility index (Phi) is 4.97. The SMILES string of the molecule is Cc1c(C(=O)Nc2ccc3nc(Cc4ccccc4F)[nH]c3c2)cccc1[N+](=O)[O-]. The molecule has 2 N–H and O–H groups in total. The van der Waals surface area contributed by atoms with Gasteiger partial charge in [-0.1, -0.05) is 24.3 Å². The van der Waals surface area contributed by atoms with Crippen molar-refractivity contribution in [2.24, 2.45) is 0 Å². The van der Waals surface area contributed by atoms with Gasteiger partial charge in [0.2, 0.25) is 0 Å². The molecule has 3 aromatic carbocycles. The number of imidazole rings is 1. The van der Waals surface area contributed by atoms with Crippen molar-refractivity contribution >= 4 is 28.3 Å². The van der Waals surface area contributed by atoms with Crippen molar-refractivity contribution in [2.45, 2.75) is 13.3 Å². The van der Waals surface area contributed by atoms with Crippen LogP contribution in [0.3, 0.4) is 0 Å². The van der Waals surface area contributed by atoms with E-state index in [-0.39, 0.29) is 17.1 Å². The topological polar surface area (TPSA) is 101 Å². The summed E-state index contributed by atoms with van der Waals surface area (Å²) in [6, 6.07) is 16.0. The molecule has 0 unspecified atom stereocenters. The number of nitro benzene ring substituents is 1. The second-order valence-electron chi connectivity index (χ2n) is 6.84. The molecule has 0 atom stereocenters. The van der Waals surface area contributed by atoms with E-state index in [1.807, 2.05) is 0 Å². The molecule has 1 amide bonds. The molecule has 4 aromatic rings. The average molecular weight is 404 g/mol. The first kappa shape index (κ1) is 19.3. The second-order valence-corrected chi connectivity index (χ2v) is 6.84. The number of hydrogen-bond donors (Lipinski definition) is 2. The molecule has 0 radical (unpaired) electrons. The summed E-state index contributed by atoms with van der Waals surface area (Å²) < 4.78 is 13.9. The summed E-state index contributed by atoms with van der Waals surface area (Å²) >= 11 is 0. The summed E-state index contributed by atoms with van der Waals surface area (Å²) in [6.45, 7) is 1.54. The van der Waals surface area contributed by atoms with E-state index in [1.54, 1.807) is 49.4 Å². The number of carbonyl (C=O) groups is 1. The van der Waals surface area contributed by atoms with Gasteiger partial charge >= 0.3 is 0 Å². The van der Waals surface area contributed by atoms with Crippen molar-refractivity contribution < 1.29 is 14.1 Å². The molecular formula is C22H17FN4O3. The molecule has 0 aliphatic heterocycles. The van der Waals surface area contributed by atoms with E-state index in [0.717, 1.165) is 0 Å². The minimum atomic E-state index is -0.514. The monoisotopic (exact) mass is 404 g/mol. The van der Waals surface area contributed by atoms with Crippen molar-refractivity contribution in [3.8, 4) is 0 Å². The normalized spacial score (nSPS) is 10.9. The number of rotatable bonds is 5. The highest BCUT2D eigenvalue weighted by molar-refractivity contribution is 6.06. The molecule has 7 nitrogen and oxygen atoms in total. The number of aromatic nitrogens is 2. The molecular weight excluding hydrogens is 387 g/mol. The van der Waals surface area contributed by atoms with Gasteiger partial charge in [-0.2, -0.15) is 0 Å². The van der Waals surface area contributed by atoms with E-state index >= 15 is 0 Å². The molecule has 30 heavy (non-hydrogen) atoms. The Morgan fingerprint density at radius 1 is 1.17 bits per heavy atom. The number of benzene rings is 3. The minimum absolute atomic E-state index is 0.107. The van der Waals surface area contributed by atoms with Crippen LogP contribution < -0.4 is 5.32 Å². The van der Waals surface area contributed by atoms with Gasteiger partial charge in [0.1, 0.15) is 11.6 Å². The fourth-order valence-corrected chi connectivity index (χ4v) is 3.31. The number of nitrogens with zero attached hydrogens (tertiary/aromatic N) is 2. The zero-order valence-corrected chi connectivity index (χ0v) is 16.0. The Balaban J connectivity index is 1.57. The van der Waals surface area contributed by atoms with Crippen LogP contribution in [0.1, 0.15) is 27.3 Å². The molecule has 1 aromatic heterocycles. The highest BCUT2D eigenvalue weighted by Gasteiger charge is 2.18. The molecule has 0 spiro atoms. The van der Waals surface area contributed by atoms with Crippen molar-refractivity contribution in [1.82, 2.24) is 9.97 Å². The fraction of sp³-hybridized carbons (Fsp3) is 0.0909. The number of anilines is 1. The second kappa shape index (κ2) is 7.75. The highest BCUT2D eigenvalue weighted by atomic mass is 19.1. The lowest BCUT2D eigenvalue weighted by atomic mass is 10.1. The van der Waals surface area contributed by atoms with Crippen LogP contribution in [0.15, 0.2) is 60.7 Å². The van der Waals surface area contributed by atoms with Crippen LogP contribution in [0.4, 0.5) is 15.8 Å². The fourth-order valence-electron chi connectivity index (χ4n) is 3.31. The quantitative estimate of drug-likeness (QED) is 0.370. The first-order valence-corrected chi connectivity index (χ1v) is 9.20. The van der Waals surface area contributed by atoms with Crippen molar-refractivity contribution in [1.29, 1.82) is 0 Å². The van der Waals surface area contributed by atoms with Crippen molar-refractivity contribution in [2.75, 3.05) is 5.32 Å². The number of H-pyrrole nitrogens is 1. The summed E-state index contributed by atoms with van der Waals surface area (Å²) in [4.78, 5) is 30.8. The van der Waals surface area contributed by atoms with E-state index in [4.69, 9.17) is 0 Å². The van der Waals surface area contributed by atoms with Gasteiger partial charge in [0.05, 0.1) is 16.0 Å². The summed E-state index contributed by atoms with van der Waals surface area (Å²) in [7, 11) is 0. The summed E-state index contributed by atoms with van der Waals surface area (Å²) in [5.74, 6) is -0.131. The Morgan fingerprint density at radius 3 is 2.73 bits per heavy atom. The Bertz CT molecular complexity index is 1280. The lowest BCUT2D eigenvalue weighted by molar-refractivity contribution is -0.385. The number of amides is 1. The number of hydrogen-bond acceptors (Lipinski definition) is 4. The number of halogens is 1. The van der Waals surface area contributed by atoms with Gasteiger partial charge in [0.25, 0.3) is 11.6 Å². The van der Waals surface area contributed by atoms with Crippen molar-refractivity contribution in [3.63, 3.8) is 0 Å². The maximum absolute atomic E-state index is 13.9. The third kappa shape index (κ3) is 3.75. The molecule has 0 saturated carbocycles. The average Bonchev–Trinajstić information content (AvgIpc) is 3.11. The first-order chi connectivity index (χ1) is 14.4. The minimum Gasteiger partial charge on any atom is -0.342 e. The number of aromatic amines is 1. The van der Waals surface area contributed by atoms with Gasteiger partial charge in [-0.05, 0) is 42.8 Å². The van der Waals surface area contributed by atoms with E-state index in [1.165, 1.54) is 18.2 Å². The van der Waals surface area contributed by atoms with E-state index < -0.39 is 10.8 Å². The van der Waals surface area contributed by atoms with Gasteiger partial charge in [-0.3, -0.25) is 14.9 Å². The Labute approximate surface area is 170 Å². The van der Waals surface area contributed by atoms with E-state index in [0.29, 0.717) is 40.1 Å². The smallest absolute Gasteiger partial charge is 0.273 e. The largest absolute Gasteiger partial charge is 0.342 e. The van der Waals surface area contributed by atoms with Crippen LogP contribution in [0, 0.1) is 22.9 Å². The standard InChI is InChI=1S/C22H17FN4O3/c1-13-16(6-4-8-20(13)27(29)30)22(28)24-15-9-10-18-19(12-15)26-21(25-18)11-14-5-2-3-7-17(14)23/h2-10,12H,11H2,1H3,(H,24,28)(H,25,26). The van der Waals surface area contributed by atoms with E-state index in [9.17, 15) is 19.3 Å².